The van der Waals surface area contributed by atoms with Crippen LogP contribution >= 0.6 is 30.1 Å². The molecule has 2 fully saturated rings. The molecule has 0 spiro atoms. The van der Waals surface area contributed by atoms with Crippen LogP contribution in [0.25, 0.3) is 22.2 Å². The second kappa shape index (κ2) is 10.4. The van der Waals surface area contributed by atoms with Gasteiger partial charge in [-0.05, 0) is 61.1 Å². The van der Waals surface area contributed by atoms with Gasteiger partial charge in [-0.1, -0.05) is 12.1 Å². The second-order valence-electron chi connectivity index (χ2n) is 8.28. The maximum atomic E-state index is 11.7. The number of carboxylic acid groups (broad SMARTS) is 1. The van der Waals surface area contributed by atoms with Gasteiger partial charge >= 0.3 is 23.3 Å². The van der Waals surface area contributed by atoms with Gasteiger partial charge in [-0.15, -0.1) is 0 Å². The number of halogens is 3. The lowest BCUT2D eigenvalue weighted by atomic mass is 9.96. The molecule has 2 aromatic heterocycles. The zero-order valence-corrected chi connectivity index (χ0v) is 22.0. The quantitative estimate of drug-likeness (QED) is 0.254. The maximum Gasteiger partial charge on any atom is 0.643 e. The molecule has 2 saturated carbocycles. The number of fused-ring (bicyclic) bond motifs is 2. The Kier molecular flexibility index (Phi) is 7.65. The number of ether oxygens (including phenoxy) is 1. The summed E-state index contributed by atoms with van der Waals surface area (Å²) < 4.78 is 15.1. The van der Waals surface area contributed by atoms with Gasteiger partial charge < -0.3 is 18.7 Å². The Morgan fingerprint density at radius 3 is 1.69 bits per heavy atom. The minimum atomic E-state index is -1.72. The zero-order chi connectivity index (χ0) is 25.2. The summed E-state index contributed by atoms with van der Waals surface area (Å²) in [5.74, 6) is -0.902. The van der Waals surface area contributed by atoms with E-state index >= 15 is 0 Å². The molecule has 2 aliphatic rings. The smallest absolute Gasteiger partial charge is 0.481 e. The molecule has 2 aliphatic carbocycles. The number of benzene rings is 2. The average molecular weight is 554 g/mol. The zero-order valence-electron chi connectivity index (χ0n) is 18.5. The third-order valence-electron chi connectivity index (χ3n) is 6.25. The Labute approximate surface area is 217 Å². The van der Waals surface area contributed by atoms with Crippen LogP contribution in [-0.2, 0) is 25.2 Å². The number of aromatic nitrogens is 2. The van der Waals surface area contributed by atoms with E-state index in [-0.39, 0.29) is 5.97 Å². The van der Waals surface area contributed by atoms with Gasteiger partial charge in [-0.2, -0.15) is 0 Å². The number of esters is 1. The highest BCUT2D eigenvalue weighted by molar-refractivity contribution is 7.54. The van der Waals surface area contributed by atoms with Crippen molar-refractivity contribution in [1.82, 2.24) is 9.97 Å². The van der Waals surface area contributed by atoms with E-state index in [9.17, 15) is 9.59 Å². The third kappa shape index (κ3) is 5.45. The van der Waals surface area contributed by atoms with Crippen molar-refractivity contribution in [3.05, 3.63) is 60.3 Å². The molecule has 1 N–H and O–H groups in total. The first-order valence-electron chi connectivity index (χ1n) is 10.6. The molecule has 4 aromatic rings. The van der Waals surface area contributed by atoms with E-state index in [1.54, 1.807) is 12.1 Å². The van der Waals surface area contributed by atoms with E-state index in [1.807, 2.05) is 24.3 Å². The van der Waals surface area contributed by atoms with Gasteiger partial charge in [0.1, 0.15) is 11.0 Å². The van der Waals surface area contributed by atoms with E-state index in [2.05, 4.69) is 9.97 Å². The number of hydrogen-bond donors (Lipinski definition) is 1. The summed E-state index contributed by atoms with van der Waals surface area (Å²) in [7, 11) is 16.3. The Balaban J connectivity index is 0.000000144. The van der Waals surface area contributed by atoms with Gasteiger partial charge in [0.15, 0.2) is 24.0 Å². The largest absolute Gasteiger partial charge is 0.643 e. The molecular weight excluding hydrogens is 534 g/mol. The summed E-state index contributed by atoms with van der Waals surface area (Å²) in [6, 6.07) is 11.1. The lowest BCUT2D eigenvalue weighted by Gasteiger charge is -2.12. The molecule has 0 amide bonds. The van der Waals surface area contributed by atoms with Crippen LogP contribution in [0.2, 0.25) is 0 Å². The summed E-state index contributed by atoms with van der Waals surface area (Å²) in [5.41, 5.74) is 3.66. The summed E-state index contributed by atoms with van der Waals surface area (Å²) in [4.78, 5) is 30.9. The third-order valence-corrected chi connectivity index (χ3v) is 6.25. The predicted octanol–water partition coefficient (Wildman–Crippen LogP) is 5.66. The van der Waals surface area contributed by atoms with Crippen LogP contribution in [0.3, 0.4) is 0 Å². The molecular formula is C23H20AlCl3N2O6. The molecule has 182 valence electrons. The van der Waals surface area contributed by atoms with Crippen LogP contribution in [0.4, 0.5) is 0 Å². The molecule has 12 heteroatoms. The van der Waals surface area contributed by atoms with Gasteiger partial charge in [0.25, 0.3) is 0 Å². The lowest BCUT2D eigenvalue weighted by molar-refractivity contribution is -0.143. The summed E-state index contributed by atoms with van der Waals surface area (Å²) in [5, 5.41) is 9.14. The number of hydrogen-bond acceptors (Lipinski definition) is 7. The fraction of sp³-hybridized carbons (Fsp3) is 0.304. The predicted molar refractivity (Wildman–Crippen MR) is 133 cm³/mol. The normalized spacial score (nSPS) is 16.3. The van der Waals surface area contributed by atoms with Gasteiger partial charge in [-0.25, -0.2) is 40.1 Å². The second-order valence-corrected chi connectivity index (χ2v) is 14.7. The standard InChI is InChI=1S/C12H11NO3.C11H9NO3.Al.3ClH/c1-15-11(14)12(4-5-12)8-2-3-10-9(6-8)13-7-16-10;13-10(14)11(3-4-11)7-1-2-9-8(5-7)12-6-15-9;;;;/h2-3,6-7H,4-5H2,1H3;1-2,5-6H,3-4H2,(H,13,14);;3*1H/q;;+3;;;/p-3. The Hall–Kier alpha value is -2.28. The number of rotatable bonds is 4. The van der Waals surface area contributed by atoms with Crippen molar-refractivity contribution in [1.29, 1.82) is 0 Å². The average Bonchev–Trinajstić information content (AvgIpc) is 3.73. The number of carboxylic acids is 1. The molecule has 2 aromatic carbocycles. The van der Waals surface area contributed by atoms with Crippen LogP contribution < -0.4 is 0 Å². The van der Waals surface area contributed by atoms with E-state index in [4.69, 9.17) is 48.8 Å². The molecule has 0 saturated heterocycles. The molecule has 0 unspecified atom stereocenters. The molecule has 0 radical (unpaired) electrons. The summed E-state index contributed by atoms with van der Waals surface area (Å²) in [6.07, 6.45) is 5.91. The number of oxazole rings is 2. The first kappa shape index (κ1) is 25.8. The van der Waals surface area contributed by atoms with Gasteiger partial charge in [0.05, 0.1) is 17.9 Å². The van der Waals surface area contributed by atoms with Crippen molar-refractivity contribution in [3.63, 3.8) is 0 Å². The van der Waals surface area contributed by atoms with Crippen molar-refractivity contribution < 1.29 is 28.3 Å². The topological polar surface area (TPSA) is 116 Å². The highest BCUT2D eigenvalue weighted by Crippen LogP contribution is 2.50. The fourth-order valence-electron chi connectivity index (χ4n) is 3.99. The monoisotopic (exact) mass is 552 g/mol. The lowest BCUT2D eigenvalue weighted by Crippen LogP contribution is -2.21. The first-order valence-corrected chi connectivity index (χ1v) is 15.9. The fourth-order valence-corrected chi connectivity index (χ4v) is 3.99. The van der Waals surface area contributed by atoms with Gasteiger partial charge in [0.2, 0.25) is 0 Å². The Morgan fingerprint density at radius 2 is 1.31 bits per heavy atom. The Morgan fingerprint density at radius 1 is 0.886 bits per heavy atom. The van der Waals surface area contributed by atoms with E-state index in [0.717, 1.165) is 40.6 Å². The van der Waals surface area contributed by atoms with Gasteiger partial charge in [-0.3, -0.25) is 9.59 Å². The number of carbonyl (C=O) groups excluding carboxylic acids is 1. The maximum absolute atomic E-state index is 11.7. The number of nitrogens with zero attached hydrogens (tertiary/aromatic N) is 2. The molecule has 0 aliphatic heterocycles. The van der Waals surface area contributed by atoms with Gasteiger partial charge in [0, 0.05) is 0 Å². The van der Waals surface area contributed by atoms with Crippen LogP contribution in [0.1, 0.15) is 36.8 Å². The number of methoxy groups -OCH3 is 1. The van der Waals surface area contributed by atoms with Crippen LogP contribution in [0.15, 0.2) is 58.0 Å². The van der Waals surface area contributed by atoms with Crippen molar-refractivity contribution >= 4 is 75.7 Å². The molecule has 8 nitrogen and oxygen atoms in total. The van der Waals surface area contributed by atoms with Crippen molar-refractivity contribution in [3.8, 4) is 0 Å². The molecule has 2 heterocycles. The van der Waals surface area contributed by atoms with Crippen LogP contribution in [0, 0.1) is 0 Å². The van der Waals surface area contributed by atoms with Crippen molar-refractivity contribution in [2.24, 2.45) is 0 Å². The van der Waals surface area contributed by atoms with Crippen LogP contribution in [0.5, 0.6) is 0 Å². The minimum absolute atomic E-state index is 0.157. The minimum Gasteiger partial charge on any atom is -0.481 e. The summed E-state index contributed by atoms with van der Waals surface area (Å²) >= 11 is -1.72. The highest BCUT2D eigenvalue weighted by Gasteiger charge is 2.53. The van der Waals surface area contributed by atoms with Crippen LogP contribution in [-0.4, -0.2) is 45.5 Å². The first-order chi connectivity index (χ1) is 16.7. The number of aliphatic carboxylic acids is 1. The van der Waals surface area contributed by atoms with Crippen molar-refractivity contribution in [2.75, 3.05) is 7.11 Å². The highest BCUT2D eigenvalue weighted by atomic mass is 35.8. The van der Waals surface area contributed by atoms with E-state index in [1.165, 1.54) is 19.9 Å². The van der Waals surface area contributed by atoms with E-state index in [0.29, 0.717) is 18.4 Å². The molecule has 35 heavy (non-hydrogen) atoms. The molecule has 0 bridgehead atoms. The molecule has 6 rings (SSSR count). The Bertz CT molecular complexity index is 1360. The SMILES string of the molecule is COC(=O)C1(c2ccc3ocnc3c2)CC1.O=C(O)C1(c2ccc3ocnc3c2)CC1.[Cl][Al]([Cl])[Cl]. The summed E-state index contributed by atoms with van der Waals surface area (Å²) in [6.45, 7) is 0. The number of carbonyl (C=O) groups is 2. The van der Waals surface area contributed by atoms with E-state index < -0.39 is 28.2 Å². The van der Waals surface area contributed by atoms with Crippen molar-refractivity contribution in [2.45, 2.75) is 36.5 Å². The molecule has 0 atom stereocenters.